The number of nitrogens with one attached hydrogen (secondary N) is 4. The third kappa shape index (κ3) is 7.61. The summed E-state index contributed by atoms with van der Waals surface area (Å²) < 4.78 is 4.74. The predicted molar refractivity (Wildman–Crippen MR) is 190 cm³/mol. The molecule has 16 nitrogen and oxygen atoms in total. The first kappa shape index (κ1) is 36.0. The summed E-state index contributed by atoms with van der Waals surface area (Å²) >= 11 is 2.96. The number of hydrogen-bond donors (Lipinski definition) is 5. The number of aromatic amines is 2. The van der Waals surface area contributed by atoms with E-state index in [1.165, 1.54) is 29.8 Å². The highest BCUT2D eigenvalue weighted by molar-refractivity contribution is 7.24. The van der Waals surface area contributed by atoms with E-state index in [2.05, 4.69) is 30.6 Å². The van der Waals surface area contributed by atoms with Crippen LogP contribution in [0, 0.1) is 11.8 Å². The number of thiazole rings is 2. The monoisotopic (exact) mass is 738 g/mol. The third-order valence-corrected chi connectivity index (χ3v) is 11.4. The van der Waals surface area contributed by atoms with E-state index < -0.39 is 24.3 Å². The molecule has 4 amide bonds. The van der Waals surface area contributed by atoms with Crippen LogP contribution in [0.2, 0.25) is 0 Å². The van der Waals surface area contributed by atoms with Crippen LogP contribution in [0.5, 0.6) is 0 Å². The van der Waals surface area contributed by atoms with E-state index in [1.807, 2.05) is 27.7 Å². The largest absolute Gasteiger partial charge is 0.465 e. The van der Waals surface area contributed by atoms with Crippen molar-refractivity contribution in [3.63, 3.8) is 0 Å². The van der Waals surface area contributed by atoms with Gasteiger partial charge in [0.15, 0.2) is 0 Å². The van der Waals surface area contributed by atoms with Crippen LogP contribution < -0.4 is 10.6 Å². The lowest BCUT2D eigenvalue weighted by molar-refractivity contribution is -0.136. The van der Waals surface area contributed by atoms with Gasteiger partial charge in [0.05, 0.1) is 28.9 Å². The van der Waals surface area contributed by atoms with Crippen molar-refractivity contribution >= 4 is 46.7 Å². The van der Waals surface area contributed by atoms with Gasteiger partial charge in [0.2, 0.25) is 11.8 Å². The van der Waals surface area contributed by atoms with Gasteiger partial charge in [0.25, 0.3) is 0 Å². The second kappa shape index (κ2) is 15.2. The summed E-state index contributed by atoms with van der Waals surface area (Å²) in [6.07, 6.45) is 8.37. The molecule has 2 aliphatic rings. The van der Waals surface area contributed by atoms with Crippen LogP contribution >= 0.6 is 22.7 Å². The summed E-state index contributed by atoms with van der Waals surface area (Å²) in [5.74, 6) is 0.564. The first-order chi connectivity index (χ1) is 24.4. The molecule has 6 rings (SSSR count). The predicted octanol–water partition coefficient (Wildman–Crippen LogP) is 5.05. The van der Waals surface area contributed by atoms with Crippen molar-refractivity contribution < 1.29 is 29.0 Å². The molecule has 272 valence electrons. The van der Waals surface area contributed by atoms with Crippen LogP contribution in [0.15, 0.2) is 24.8 Å². The molecule has 4 aromatic rings. The summed E-state index contributed by atoms with van der Waals surface area (Å²) in [5.41, 5.74) is 1.33. The second-order valence-corrected chi connectivity index (χ2v) is 15.4. The summed E-state index contributed by atoms with van der Waals surface area (Å²) in [4.78, 5) is 80.8. The van der Waals surface area contributed by atoms with Crippen LogP contribution in [0.25, 0.3) is 31.2 Å². The molecular weight excluding hydrogens is 697 g/mol. The lowest BCUT2D eigenvalue weighted by atomic mass is 10.0. The molecule has 18 heteroatoms. The SMILES string of the molecule is COC(=O)N[C@H](C(=O)N1CCC[C@H]1c1nc(-c2ncc(-c3cnc(-c4c[nH]c([C@@H]5CCCN5C(=O)[C@@H](NC(=O)O)C(C)C)n4)s3)s2)c[nH]1)C(C)C. The minimum Gasteiger partial charge on any atom is -0.465 e. The van der Waals surface area contributed by atoms with Crippen LogP contribution in [0.1, 0.15) is 77.1 Å². The number of carboxylic acid groups (broad SMARTS) is 1. The van der Waals surface area contributed by atoms with E-state index in [-0.39, 0.29) is 35.7 Å². The summed E-state index contributed by atoms with van der Waals surface area (Å²) in [7, 11) is 1.28. The number of alkyl carbamates (subject to hydrolysis) is 1. The highest BCUT2D eigenvalue weighted by Gasteiger charge is 2.39. The van der Waals surface area contributed by atoms with E-state index in [0.29, 0.717) is 41.1 Å². The van der Waals surface area contributed by atoms with Crippen molar-refractivity contribution in [2.75, 3.05) is 20.2 Å². The second-order valence-electron chi connectivity index (χ2n) is 13.3. The van der Waals surface area contributed by atoms with Gasteiger partial charge in [-0.25, -0.2) is 29.5 Å². The molecule has 6 heterocycles. The minimum absolute atomic E-state index is 0.123. The van der Waals surface area contributed by atoms with Crippen molar-refractivity contribution in [3.05, 3.63) is 36.4 Å². The van der Waals surface area contributed by atoms with Crippen LogP contribution in [0.4, 0.5) is 9.59 Å². The van der Waals surface area contributed by atoms with Gasteiger partial charge < -0.3 is 40.2 Å². The molecule has 0 aromatic carbocycles. The Morgan fingerprint density at radius 1 is 0.804 bits per heavy atom. The van der Waals surface area contributed by atoms with E-state index in [4.69, 9.17) is 14.7 Å². The standard InChI is InChI=1S/C33H42N10O6S2/c1-16(2)24(40-32(46)47)30(44)42-10-6-8-20(42)26-34-12-18(38-26)28-36-14-22(50-28)23-15-37-29(51-23)19-13-35-27(39-19)21-9-7-11-43(21)31(45)25(17(3)4)41-33(48)49-5/h12-17,20-21,24-25,40H,6-11H2,1-5H3,(H,34,38)(H,35,39)(H,41,48)(H,46,47)/t20-,21-,24-,25-/m0/s1. The fraction of sp³-hybridized carbons (Fsp3) is 0.515. The van der Waals surface area contributed by atoms with Gasteiger partial charge in [0.1, 0.15) is 45.1 Å². The summed E-state index contributed by atoms with van der Waals surface area (Å²) in [6, 6.07) is -2.08. The fourth-order valence-electron chi connectivity index (χ4n) is 6.58. The molecule has 0 radical (unpaired) electrons. The molecule has 0 unspecified atom stereocenters. The molecule has 2 saturated heterocycles. The number of carbonyl (C=O) groups excluding carboxylic acids is 3. The van der Waals surface area contributed by atoms with Crippen LogP contribution in [0.3, 0.4) is 0 Å². The zero-order valence-electron chi connectivity index (χ0n) is 29.0. The minimum atomic E-state index is -1.23. The molecule has 4 aromatic heterocycles. The smallest absolute Gasteiger partial charge is 0.407 e. The molecule has 0 saturated carbocycles. The van der Waals surface area contributed by atoms with Gasteiger partial charge in [-0.2, -0.15) is 0 Å². The van der Waals surface area contributed by atoms with Crippen LogP contribution in [-0.4, -0.2) is 101 Å². The Kier molecular flexibility index (Phi) is 10.7. The van der Waals surface area contributed by atoms with Crippen molar-refractivity contribution in [2.45, 2.75) is 77.5 Å². The van der Waals surface area contributed by atoms with Crippen molar-refractivity contribution in [1.82, 2.24) is 50.3 Å². The molecule has 0 bridgehead atoms. The van der Waals surface area contributed by atoms with Gasteiger partial charge in [-0.1, -0.05) is 27.7 Å². The number of carbonyl (C=O) groups is 4. The number of aromatic nitrogens is 6. The maximum Gasteiger partial charge on any atom is 0.407 e. The highest BCUT2D eigenvalue weighted by atomic mass is 32.1. The lowest BCUT2D eigenvalue weighted by Crippen LogP contribution is -2.51. The molecule has 4 atom stereocenters. The van der Waals surface area contributed by atoms with Gasteiger partial charge in [-0.3, -0.25) is 9.59 Å². The summed E-state index contributed by atoms with van der Waals surface area (Å²) in [5, 5.41) is 15.7. The van der Waals surface area contributed by atoms with E-state index in [9.17, 15) is 24.3 Å². The molecule has 0 spiro atoms. The Morgan fingerprint density at radius 2 is 1.25 bits per heavy atom. The van der Waals surface area contributed by atoms with Crippen molar-refractivity contribution in [3.8, 4) is 31.2 Å². The lowest BCUT2D eigenvalue weighted by Gasteiger charge is -2.29. The normalized spacial score (nSPS) is 18.7. The Bertz CT molecular complexity index is 1880. The average Bonchev–Trinajstić information content (AvgIpc) is 3.93. The van der Waals surface area contributed by atoms with Crippen LogP contribution in [-0.2, 0) is 14.3 Å². The number of H-pyrrole nitrogens is 2. The molecule has 2 aliphatic heterocycles. The first-order valence-electron chi connectivity index (χ1n) is 16.9. The Morgan fingerprint density at radius 3 is 1.67 bits per heavy atom. The Labute approximate surface area is 302 Å². The van der Waals surface area contributed by atoms with Crippen molar-refractivity contribution in [2.24, 2.45) is 11.8 Å². The van der Waals surface area contributed by atoms with E-state index >= 15 is 0 Å². The Hall–Kier alpha value is -4.84. The summed E-state index contributed by atoms with van der Waals surface area (Å²) in [6.45, 7) is 8.50. The number of nitrogens with zero attached hydrogens (tertiary/aromatic N) is 6. The zero-order valence-corrected chi connectivity index (χ0v) is 30.6. The molecule has 5 N–H and O–H groups in total. The first-order valence-corrected chi connectivity index (χ1v) is 18.6. The van der Waals surface area contributed by atoms with E-state index in [0.717, 1.165) is 40.4 Å². The van der Waals surface area contributed by atoms with E-state index in [1.54, 1.807) is 34.6 Å². The highest BCUT2D eigenvalue weighted by Crippen LogP contribution is 2.39. The number of methoxy groups -OCH3 is 1. The zero-order chi connectivity index (χ0) is 36.4. The van der Waals surface area contributed by atoms with Gasteiger partial charge in [0, 0.05) is 37.9 Å². The topological polar surface area (TPSA) is 211 Å². The molecule has 0 aliphatic carbocycles. The number of imidazole rings is 2. The van der Waals surface area contributed by atoms with Crippen molar-refractivity contribution in [1.29, 1.82) is 0 Å². The molecule has 51 heavy (non-hydrogen) atoms. The number of rotatable bonds is 11. The van der Waals surface area contributed by atoms with Gasteiger partial charge in [-0.05, 0) is 37.5 Å². The maximum atomic E-state index is 13.5. The number of likely N-dealkylation sites (tertiary alicyclic amines) is 2. The van der Waals surface area contributed by atoms with Gasteiger partial charge >= 0.3 is 12.2 Å². The fourth-order valence-corrected chi connectivity index (χ4v) is 8.39. The number of hydrogen-bond acceptors (Lipinski definition) is 11. The average molecular weight is 739 g/mol. The molecular formula is C33H42N10O6S2. The molecule has 2 fully saturated rings. The van der Waals surface area contributed by atoms with Gasteiger partial charge in [-0.15, -0.1) is 22.7 Å². The Balaban J connectivity index is 1.13. The maximum absolute atomic E-state index is 13.5. The number of amides is 4. The quantitative estimate of drug-likeness (QED) is 0.138. The third-order valence-electron chi connectivity index (χ3n) is 9.19. The number of ether oxygens (including phenoxy) is 1.